The fraction of sp³-hybridized carbons (Fsp3) is 0.419. The van der Waals surface area contributed by atoms with Crippen molar-refractivity contribution in [1.82, 2.24) is 14.3 Å². The first kappa shape index (κ1) is 29.3. The highest BCUT2D eigenvalue weighted by molar-refractivity contribution is 8.26. The highest BCUT2D eigenvalue weighted by atomic mass is 32.2. The predicted molar refractivity (Wildman–Crippen MR) is 170 cm³/mol. The summed E-state index contributed by atoms with van der Waals surface area (Å²) in [6.45, 7) is 7.38. The molecule has 2 fully saturated rings. The van der Waals surface area contributed by atoms with Crippen LogP contribution in [0.2, 0.25) is 0 Å². The van der Waals surface area contributed by atoms with Crippen LogP contribution in [0.15, 0.2) is 52.3 Å². The van der Waals surface area contributed by atoms with Crippen molar-refractivity contribution in [2.75, 3.05) is 42.5 Å². The number of nitrogens with zero attached hydrogens (tertiary/aromatic N) is 5. The molecule has 0 atom stereocenters. The van der Waals surface area contributed by atoms with Crippen molar-refractivity contribution in [2.24, 2.45) is 0 Å². The molecule has 10 heteroatoms. The number of thiocarbonyl (C=S) groups is 1. The maximum Gasteiger partial charge on any atom is 0.267 e. The van der Waals surface area contributed by atoms with Crippen molar-refractivity contribution in [2.45, 2.75) is 52.4 Å². The fourth-order valence-electron chi connectivity index (χ4n) is 5.37. The van der Waals surface area contributed by atoms with Crippen LogP contribution in [-0.2, 0) is 4.79 Å². The van der Waals surface area contributed by atoms with Gasteiger partial charge in [0.2, 0.25) is 0 Å². The summed E-state index contributed by atoms with van der Waals surface area (Å²) in [5.74, 6) is 0.171. The Morgan fingerprint density at radius 2 is 1.66 bits per heavy atom. The fourth-order valence-corrected chi connectivity index (χ4v) is 6.66. The summed E-state index contributed by atoms with van der Waals surface area (Å²) in [4.78, 5) is 38.7. The molecule has 0 N–H and O–H groups in total. The molecule has 0 saturated carbocycles. The normalized spacial score (nSPS) is 17.0. The number of thioether (sulfide) groups is 1. The molecule has 4 heterocycles. The van der Waals surface area contributed by atoms with Gasteiger partial charge in [0, 0.05) is 44.6 Å². The van der Waals surface area contributed by atoms with Crippen molar-refractivity contribution < 1.29 is 9.18 Å². The quantitative estimate of drug-likeness (QED) is 0.162. The topological polar surface area (TPSA) is 61.2 Å². The largest absolute Gasteiger partial charge is 0.368 e. The Hall–Kier alpha value is -3.24. The molecule has 1 amide bonds. The number of fused-ring (bicyclic) bond motifs is 1. The number of carbonyl (C=O) groups is 1. The van der Waals surface area contributed by atoms with Gasteiger partial charge in [0.15, 0.2) is 0 Å². The van der Waals surface area contributed by atoms with Gasteiger partial charge in [-0.3, -0.25) is 18.9 Å². The smallest absolute Gasteiger partial charge is 0.267 e. The first-order valence-corrected chi connectivity index (χ1v) is 15.6. The van der Waals surface area contributed by atoms with E-state index in [0.29, 0.717) is 59.0 Å². The minimum atomic E-state index is -0.259. The maximum absolute atomic E-state index is 13.9. The van der Waals surface area contributed by atoms with E-state index < -0.39 is 0 Å². The molecular weight excluding hydrogens is 558 g/mol. The number of aromatic nitrogens is 2. The summed E-state index contributed by atoms with van der Waals surface area (Å²) in [7, 11) is 0. The van der Waals surface area contributed by atoms with Gasteiger partial charge < -0.3 is 9.80 Å². The summed E-state index contributed by atoms with van der Waals surface area (Å²) in [6.07, 6.45) is 10.2. The summed E-state index contributed by atoms with van der Waals surface area (Å²) < 4.78 is 15.5. The Bertz CT molecular complexity index is 1510. The van der Waals surface area contributed by atoms with E-state index in [0.717, 1.165) is 30.5 Å². The zero-order chi connectivity index (χ0) is 28.9. The molecule has 2 saturated heterocycles. The van der Waals surface area contributed by atoms with Crippen LogP contribution >= 0.6 is 24.0 Å². The number of piperazine rings is 1. The van der Waals surface area contributed by atoms with Gasteiger partial charge >= 0.3 is 0 Å². The second-order valence-corrected chi connectivity index (χ2v) is 12.3. The molecule has 41 heavy (non-hydrogen) atoms. The lowest BCUT2D eigenvalue weighted by Gasteiger charge is -2.37. The molecule has 2 aromatic heterocycles. The summed E-state index contributed by atoms with van der Waals surface area (Å²) in [5.41, 5.74) is 2.63. The number of halogens is 1. The molecule has 0 spiro atoms. The van der Waals surface area contributed by atoms with Gasteiger partial charge in [-0.2, -0.15) is 0 Å². The van der Waals surface area contributed by atoms with Gasteiger partial charge in [0.05, 0.1) is 10.5 Å². The van der Waals surface area contributed by atoms with Gasteiger partial charge in [-0.1, -0.05) is 69.1 Å². The first-order valence-electron chi connectivity index (χ1n) is 14.4. The molecular formula is C31H36FN5O2S2. The van der Waals surface area contributed by atoms with Crippen LogP contribution in [0.4, 0.5) is 15.9 Å². The molecule has 2 aliphatic rings. The van der Waals surface area contributed by atoms with E-state index >= 15 is 0 Å². The molecule has 3 aromatic rings. The number of rotatable bonds is 10. The lowest BCUT2D eigenvalue weighted by molar-refractivity contribution is -0.122. The lowest BCUT2D eigenvalue weighted by Crippen LogP contribution is -2.47. The van der Waals surface area contributed by atoms with E-state index in [2.05, 4.69) is 16.7 Å². The highest BCUT2D eigenvalue weighted by Crippen LogP contribution is 2.34. The Morgan fingerprint density at radius 3 is 2.39 bits per heavy atom. The minimum absolute atomic E-state index is 0.144. The molecule has 1 aromatic carbocycles. The van der Waals surface area contributed by atoms with Gasteiger partial charge in [-0.05, 0) is 55.3 Å². The maximum atomic E-state index is 13.9. The lowest BCUT2D eigenvalue weighted by atomic mass is 10.1. The van der Waals surface area contributed by atoms with E-state index in [1.807, 2.05) is 19.1 Å². The van der Waals surface area contributed by atoms with E-state index in [9.17, 15) is 14.0 Å². The van der Waals surface area contributed by atoms with Crippen molar-refractivity contribution in [1.29, 1.82) is 0 Å². The Kier molecular flexibility index (Phi) is 9.39. The molecule has 0 radical (unpaired) electrons. The second-order valence-electron chi connectivity index (χ2n) is 10.6. The minimum Gasteiger partial charge on any atom is -0.368 e. The van der Waals surface area contributed by atoms with Crippen LogP contribution in [0.1, 0.15) is 56.6 Å². The molecule has 216 valence electrons. The summed E-state index contributed by atoms with van der Waals surface area (Å²) in [6, 6.07) is 10.3. The number of hydrogen-bond acceptors (Lipinski definition) is 7. The van der Waals surface area contributed by atoms with Crippen LogP contribution in [-0.4, -0.2) is 57.2 Å². The Morgan fingerprint density at radius 1 is 0.976 bits per heavy atom. The van der Waals surface area contributed by atoms with E-state index in [1.54, 1.807) is 33.7 Å². The van der Waals surface area contributed by atoms with Gasteiger partial charge in [0.25, 0.3) is 11.5 Å². The number of aryl methyl sites for hydroxylation is 1. The molecule has 5 rings (SSSR count). The number of pyridine rings is 1. The summed E-state index contributed by atoms with van der Waals surface area (Å²) >= 11 is 6.83. The summed E-state index contributed by atoms with van der Waals surface area (Å²) in [5, 5.41) is 0. The monoisotopic (exact) mass is 593 g/mol. The van der Waals surface area contributed by atoms with Gasteiger partial charge in [-0.25, -0.2) is 9.37 Å². The average Bonchev–Trinajstić information content (AvgIpc) is 3.24. The SMILES string of the molecule is CCCCCCCCN1C(=O)/C(=C\c2c(N3CCN(c4ccc(F)cc4)CC3)nc3c(C)cccn3c2=O)SC1=S. The number of carbonyl (C=O) groups excluding carboxylic acids is 1. The van der Waals surface area contributed by atoms with Gasteiger partial charge in [-0.15, -0.1) is 0 Å². The standard InChI is InChI=1S/C31H36FN5O2S2/c1-3-4-5-6-7-8-15-37-30(39)26(41-31(37)40)21-25-28(33-27-22(2)10-9-16-36(27)29(25)38)35-19-17-34(18-20-35)24-13-11-23(32)12-14-24/h9-14,16,21H,3-8,15,17-20H2,1-2H3/b26-21+. The highest BCUT2D eigenvalue weighted by Gasteiger charge is 2.33. The van der Waals surface area contributed by atoms with Crippen molar-refractivity contribution in [3.05, 3.63) is 74.8 Å². The van der Waals surface area contributed by atoms with Crippen molar-refractivity contribution in [3.8, 4) is 0 Å². The average molecular weight is 594 g/mol. The molecule has 2 aliphatic heterocycles. The Labute approximate surface area is 250 Å². The molecule has 0 aliphatic carbocycles. The number of hydrogen-bond donors (Lipinski definition) is 0. The van der Waals surface area contributed by atoms with E-state index in [-0.39, 0.29) is 17.3 Å². The van der Waals surface area contributed by atoms with Crippen molar-refractivity contribution >= 4 is 57.4 Å². The molecule has 7 nitrogen and oxygen atoms in total. The number of anilines is 2. The zero-order valence-electron chi connectivity index (χ0n) is 23.6. The third kappa shape index (κ3) is 6.48. The van der Waals surface area contributed by atoms with Crippen LogP contribution in [0.3, 0.4) is 0 Å². The predicted octanol–water partition coefficient (Wildman–Crippen LogP) is 6.03. The van der Waals surface area contributed by atoms with E-state index in [4.69, 9.17) is 17.2 Å². The molecule has 0 unspecified atom stereocenters. The third-order valence-corrected chi connectivity index (χ3v) is 9.10. The molecule has 0 bridgehead atoms. The van der Waals surface area contributed by atoms with Crippen LogP contribution in [0, 0.1) is 12.7 Å². The third-order valence-electron chi connectivity index (χ3n) is 7.72. The van der Waals surface area contributed by atoms with Crippen LogP contribution < -0.4 is 15.4 Å². The van der Waals surface area contributed by atoms with Crippen LogP contribution in [0.5, 0.6) is 0 Å². The number of unbranched alkanes of at least 4 members (excludes halogenated alkanes) is 5. The second kappa shape index (κ2) is 13.2. The van der Waals surface area contributed by atoms with E-state index in [1.165, 1.54) is 43.2 Å². The van der Waals surface area contributed by atoms with Crippen LogP contribution in [0.25, 0.3) is 11.7 Å². The Balaban J connectivity index is 1.41. The van der Waals surface area contributed by atoms with Crippen molar-refractivity contribution in [3.63, 3.8) is 0 Å². The number of amides is 1. The van der Waals surface area contributed by atoms with Gasteiger partial charge in [0.1, 0.15) is 21.6 Å². The number of benzene rings is 1. The zero-order valence-corrected chi connectivity index (χ0v) is 25.3. The first-order chi connectivity index (χ1) is 19.9.